The fraction of sp³-hybridized carbons (Fsp3) is 0.179. The van der Waals surface area contributed by atoms with Gasteiger partial charge in [0.25, 0.3) is 5.91 Å². The molecule has 1 heterocycles. The van der Waals surface area contributed by atoms with Crippen molar-refractivity contribution in [3.05, 3.63) is 166 Å². The minimum atomic E-state index is -1.52. The van der Waals surface area contributed by atoms with Gasteiger partial charge >= 0.3 is 0 Å². The second-order valence-electron chi connectivity index (χ2n) is 11.9. The van der Waals surface area contributed by atoms with Crippen molar-refractivity contribution in [3.8, 4) is 16.9 Å². The predicted octanol–water partition coefficient (Wildman–Crippen LogP) is 7.28. The second kappa shape index (κ2) is 14.0. The van der Waals surface area contributed by atoms with Crippen LogP contribution in [0.3, 0.4) is 0 Å². The van der Waals surface area contributed by atoms with Crippen molar-refractivity contribution < 1.29 is 19.4 Å². The maximum absolute atomic E-state index is 14.9. The van der Waals surface area contributed by atoms with E-state index in [2.05, 4.69) is 45.1 Å². The number of aliphatic hydroxyl groups excluding tert-OH is 1. The lowest BCUT2D eigenvalue weighted by atomic mass is 9.81. The third kappa shape index (κ3) is 6.24. The number of azide groups is 1. The average molecular weight is 651 g/mol. The molecule has 0 bridgehead atoms. The molecule has 0 aromatic heterocycles. The lowest BCUT2D eigenvalue weighted by Gasteiger charge is -2.32. The van der Waals surface area contributed by atoms with E-state index in [9.17, 15) is 10.3 Å². The molecule has 5 aromatic rings. The molecular formula is C39H34N6O4. The first-order chi connectivity index (χ1) is 24.1. The second-order valence-corrected chi connectivity index (χ2v) is 11.9. The van der Waals surface area contributed by atoms with Crippen molar-refractivity contribution in [2.75, 3.05) is 13.2 Å². The van der Waals surface area contributed by atoms with Crippen molar-refractivity contribution in [2.24, 2.45) is 10.1 Å². The molecule has 5 aromatic carbocycles. The van der Waals surface area contributed by atoms with Gasteiger partial charge in [-0.3, -0.25) is 10.2 Å². The molecule has 0 spiro atoms. The highest BCUT2D eigenvalue weighted by atomic mass is 16.5. The van der Waals surface area contributed by atoms with Crippen molar-refractivity contribution in [3.63, 3.8) is 0 Å². The Kier molecular flexibility index (Phi) is 9.08. The number of carbonyl (C=O) groups is 1. The number of rotatable bonds is 12. The Morgan fingerprint density at radius 1 is 0.878 bits per heavy atom. The van der Waals surface area contributed by atoms with Gasteiger partial charge in [0.1, 0.15) is 5.75 Å². The van der Waals surface area contributed by atoms with Crippen LogP contribution in [0, 0.1) is 0 Å². The summed E-state index contributed by atoms with van der Waals surface area (Å²) in [4.78, 5) is 23.0. The van der Waals surface area contributed by atoms with Crippen molar-refractivity contribution >= 4 is 17.5 Å². The summed E-state index contributed by atoms with van der Waals surface area (Å²) in [7, 11) is 0. The molecule has 1 aliphatic carbocycles. The Labute approximate surface area is 283 Å². The molecule has 10 nitrogen and oxygen atoms in total. The smallest absolute Gasteiger partial charge is 0.266 e. The molecule has 0 unspecified atom stereocenters. The third-order valence-electron chi connectivity index (χ3n) is 8.90. The topological polar surface area (TPSA) is 141 Å². The number of fused-ring (bicyclic) bond motifs is 3. The monoisotopic (exact) mass is 650 g/mol. The summed E-state index contributed by atoms with van der Waals surface area (Å²) < 4.78 is 12.4. The summed E-state index contributed by atoms with van der Waals surface area (Å²) in [6.45, 7) is 0.436. The van der Waals surface area contributed by atoms with Gasteiger partial charge in [0.15, 0.2) is 11.6 Å². The van der Waals surface area contributed by atoms with Gasteiger partial charge in [-0.25, -0.2) is 10.4 Å². The quantitative estimate of drug-likeness (QED) is 0.0428. The number of ether oxygens (including phenoxy) is 2. The summed E-state index contributed by atoms with van der Waals surface area (Å²) in [5, 5.41) is 13.0. The van der Waals surface area contributed by atoms with Crippen LogP contribution in [0.1, 0.15) is 46.4 Å². The molecule has 3 N–H and O–H groups in total. The first-order valence-electron chi connectivity index (χ1n) is 16.1. The molecule has 7 rings (SSSR count). The molecule has 1 aliphatic heterocycles. The number of hydrogen-bond acceptors (Lipinski definition) is 7. The van der Waals surface area contributed by atoms with Gasteiger partial charge in [-0.15, -0.1) is 0 Å². The molecule has 2 aliphatic rings. The minimum Gasteiger partial charge on any atom is -0.494 e. The number of carbonyl (C=O) groups excluding carboxylic acids is 1. The maximum atomic E-state index is 14.9. The van der Waals surface area contributed by atoms with Crippen LogP contribution in [-0.2, 0) is 16.0 Å². The largest absolute Gasteiger partial charge is 0.494 e. The number of hydrogen-bond donors (Lipinski definition) is 3. The fourth-order valence-corrected chi connectivity index (χ4v) is 6.56. The Hall–Kier alpha value is -5.93. The maximum Gasteiger partial charge on any atom is 0.266 e. The normalized spacial score (nSPS) is 17.7. The van der Waals surface area contributed by atoms with Crippen LogP contribution in [0.15, 0.2) is 138 Å². The SMILES string of the molecule is [N-]=[N+]=Nc1ccccc1C[C@]1(C(=O)NNC2c3ccccc3-c3ccccc32)N=C(c2ccc(OCCCO)cc2)O[C@H]1c1ccccc1. The molecule has 1 amide bonds. The van der Waals surface area contributed by atoms with Crippen LogP contribution in [0.4, 0.5) is 5.69 Å². The summed E-state index contributed by atoms with van der Waals surface area (Å²) in [5.74, 6) is 0.533. The van der Waals surface area contributed by atoms with E-state index in [-0.39, 0.29) is 19.1 Å². The minimum absolute atomic E-state index is 0.0468. The van der Waals surface area contributed by atoms with E-state index in [1.807, 2.05) is 91.0 Å². The van der Waals surface area contributed by atoms with E-state index >= 15 is 0 Å². The lowest BCUT2D eigenvalue weighted by Crippen LogP contribution is -2.54. The lowest BCUT2D eigenvalue weighted by molar-refractivity contribution is -0.130. The number of nitrogens with one attached hydrogen (secondary N) is 2. The Morgan fingerprint density at radius 2 is 1.53 bits per heavy atom. The van der Waals surface area contributed by atoms with E-state index in [4.69, 9.17) is 19.6 Å². The van der Waals surface area contributed by atoms with Gasteiger partial charge in [0.2, 0.25) is 5.90 Å². The van der Waals surface area contributed by atoms with Crippen LogP contribution in [0.5, 0.6) is 5.75 Å². The molecule has 0 fully saturated rings. The van der Waals surface area contributed by atoms with Gasteiger partial charge in [-0.1, -0.05) is 108 Å². The van der Waals surface area contributed by atoms with Crippen molar-refractivity contribution in [2.45, 2.75) is 30.5 Å². The van der Waals surface area contributed by atoms with Gasteiger partial charge in [-0.2, -0.15) is 0 Å². The summed E-state index contributed by atoms with van der Waals surface area (Å²) in [6, 6.07) is 40.0. The summed E-state index contributed by atoms with van der Waals surface area (Å²) in [6.07, 6.45) is -0.218. The number of aliphatic hydroxyl groups is 1. The molecule has 0 radical (unpaired) electrons. The van der Waals surface area contributed by atoms with Crippen LogP contribution in [0.25, 0.3) is 21.6 Å². The molecule has 0 saturated carbocycles. The zero-order valence-electron chi connectivity index (χ0n) is 26.6. The van der Waals surface area contributed by atoms with Gasteiger partial charge in [0.05, 0.1) is 12.6 Å². The molecular weight excluding hydrogens is 616 g/mol. The Balaban J connectivity index is 1.30. The number of benzene rings is 5. The van der Waals surface area contributed by atoms with E-state index in [0.717, 1.165) is 27.8 Å². The fourth-order valence-electron chi connectivity index (χ4n) is 6.56. The van der Waals surface area contributed by atoms with Crippen molar-refractivity contribution in [1.29, 1.82) is 0 Å². The molecule has 0 saturated heterocycles. The highest BCUT2D eigenvalue weighted by Gasteiger charge is 2.54. The number of hydrazine groups is 1. The Bertz CT molecular complexity index is 2000. The molecule has 2 atom stereocenters. The van der Waals surface area contributed by atoms with Gasteiger partial charge < -0.3 is 14.6 Å². The third-order valence-corrected chi connectivity index (χ3v) is 8.90. The zero-order valence-corrected chi connectivity index (χ0v) is 26.6. The summed E-state index contributed by atoms with van der Waals surface area (Å²) in [5.41, 5.74) is 21.0. The van der Waals surface area contributed by atoms with E-state index in [0.29, 0.717) is 41.5 Å². The van der Waals surface area contributed by atoms with E-state index < -0.39 is 17.6 Å². The van der Waals surface area contributed by atoms with Crippen molar-refractivity contribution in [1.82, 2.24) is 10.9 Å². The van der Waals surface area contributed by atoms with Gasteiger partial charge in [0, 0.05) is 35.6 Å². The molecule has 10 heteroatoms. The van der Waals surface area contributed by atoms with Crippen LogP contribution in [-0.4, -0.2) is 35.7 Å². The highest BCUT2D eigenvalue weighted by molar-refractivity contribution is 6.01. The van der Waals surface area contributed by atoms with Gasteiger partial charge in [-0.05, 0) is 63.2 Å². The predicted molar refractivity (Wildman–Crippen MR) is 187 cm³/mol. The van der Waals surface area contributed by atoms with Crippen LogP contribution in [0.2, 0.25) is 0 Å². The standard InChI is InChI=1S/C39H34N6O4/c40-45-42-34-18-9-4-13-28(34)25-39(38(47)44-43-35-32-16-7-5-14-30(32)31-15-6-8-17-33(31)35)36(26-11-2-1-3-12-26)49-37(41-39)27-19-21-29(22-20-27)48-24-10-23-46/h1-9,11-22,35-36,43,46H,10,23-25H2,(H,44,47)/t36-,39-/m0/s1. The first-order valence-corrected chi connectivity index (χ1v) is 16.1. The molecule has 244 valence electrons. The summed E-state index contributed by atoms with van der Waals surface area (Å²) >= 11 is 0. The van der Waals surface area contributed by atoms with Crippen LogP contribution < -0.4 is 15.6 Å². The van der Waals surface area contributed by atoms with E-state index in [1.165, 1.54) is 0 Å². The van der Waals surface area contributed by atoms with E-state index in [1.54, 1.807) is 12.1 Å². The highest BCUT2D eigenvalue weighted by Crippen LogP contribution is 2.45. The number of aliphatic imine (C=N–C) groups is 1. The first kappa shape index (κ1) is 31.7. The average Bonchev–Trinajstić information content (AvgIpc) is 3.69. The van der Waals surface area contributed by atoms with Crippen LogP contribution >= 0.6 is 0 Å². The molecule has 49 heavy (non-hydrogen) atoms. The zero-order chi connectivity index (χ0) is 33.6. The Morgan fingerprint density at radius 3 is 2.22 bits per heavy atom. The number of nitrogens with zero attached hydrogens (tertiary/aromatic N) is 4. The number of amides is 1.